The molecule has 2 aromatic heterocycles. The Morgan fingerprint density at radius 1 is 1.18 bits per heavy atom. The quantitative estimate of drug-likeness (QED) is 0.348. The Balaban J connectivity index is 1.39. The maximum Gasteiger partial charge on any atom is 0.284 e. The Labute approximate surface area is 193 Å². The van der Waals surface area contributed by atoms with Gasteiger partial charge in [-0.1, -0.05) is 6.42 Å². The summed E-state index contributed by atoms with van der Waals surface area (Å²) in [6, 6.07) is 10.1. The van der Waals surface area contributed by atoms with Gasteiger partial charge in [-0.05, 0) is 54.9 Å². The number of hydrogen-bond acceptors (Lipinski definition) is 7. The predicted octanol–water partition coefficient (Wildman–Crippen LogP) is 4.20. The van der Waals surface area contributed by atoms with Crippen LogP contribution in [-0.4, -0.2) is 35.1 Å². The van der Waals surface area contributed by atoms with Gasteiger partial charge in [0.2, 0.25) is 0 Å². The molecule has 1 N–H and O–H groups in total. The first-order valence-corrected chi connectivity index (χ1v) is 11.4. The van der Waals surface area contributed by atoms with Crippen molar-refractivity contribution in [2.24, 2.45) is 7.05 Å². The lowest BCUT2D eigenvalue weighted by molar-refractivity contribution is -0.387. The number of benzene rings is 2. The summed E-state index contributed by atoms with van der Waals surface area (Å²) in [6.45, 7) is 0.958. The summed E-state index contributed by atoms with van der Waals surface area (Å²) in [5, 5.41) is 22.7. The molecular weight excluding hydrogens is 442 g/mol. The van der Waals surface area contributed by atoms with Crippen molar-refractivity contribution in [1.29, 1.82) is 0 Å². The van der Waals surface area contributed by atoms with Gasteiger partial charge in [0.1, 0.15) is 12.2 Å². The second-order valence-corrected chi connectivity index (χ2v) is 8.92. The van der Waals surface area contributed by atoms with Gasteiger partial charge < -0.3 is 14.5 Å². The number of nitro benzene ring substituents is 1. The van der Waals surface area contributed by atoms with Crippen LogP contribution in [-0.2, 0) is 20.0 Å². The van der Waals surface area contributed by atoms with E-state index in [0.717, 1.165) is 54.4 Å². The zero-order valence-electron chi connectivity index (χ0n) is 17.9. The molecule has 0 bridgehead atoms. The number of hydrogen-bond donors (Lipinski definition) is 1. The maximum absolute atomic E-state index is 12.9. The maximum atomic E-state index is 12.9. The highest BCUT2D eigenvalue weighted by molar-refractivity contribution is 7.99. The molecule has 4 aromatic rings. The number of rotatable bonds is 5. The van der Waals surface area contributed by atoms with Crippen LogP contribution in [0.3, 0.4) is 0 Å². The lowest BCUT2D eigenvalue weighted by atomic mass is 10.1. The summed E-state index contributed by atoms with van der Waals surface area (Å²) >= 11 is 1.12. The molecule has 10 nitrogen and oxygen atoms in total. The normalized spacial score (nSPS) is 13.5. The molecule has 0 unspecified atom stereocenters. The molecular formula is C22H21N7O3S. The van der Waals surface area contributed by atoms with Gasteiger partial charge >= 0.3 is 0 Å². The zero-order chi connectivity index (χ0) is 22.9. The van der Waals surface area contributed by atoms with E-state index in [0.29, 0.717) is 15.7 Å². The van der Waals surface area contributed by atoms with Crippen molar-refractivity contribution < 1.29 is 9.72 Å². The first-order valence-electron chi connectivity index (χ1n) is 10.6. The second kappa shape index (κ2) is 8.66. The Morgan fingerprint density at radius 3 is 2.85 bits per heavy atom. The fourth-order valence-electron chi connectivity index (χ4n) is 3.98. The van der Waals surface area contributed by atoms with Crippen LogP contribution in [0.2, 0.25) is 0 Å². The fourth-order valence-corrected chi connectivity index (χ4v) is 4.83. The topological polar surface area (TPSA) is 121 Å². The summed E-state index contributed by atoms with van der Waals surface area (Å²) < 4.78 is 3.92. The van der Waals surface area contributed by atoms with E-state index in [2.05, 4.69) is 20.1 Å². The average Bonchev–Trinajstić information content (AvgIpc) is 3.27. The molecule has 3 heterocycles. The van der Waals surface area contributed by atoms with Crippen LogP contribution < -0.4 is 5.32 Å². The highest BCUT2D eigenvalue weighted by Crippen LogP contribution is 2.34. The molecule has 0 aliphatic carbocycles. The van der Waals surface area contributed by atoms with Crippen molar-refractivity contribution in [1.82, 2.24) is 24.3 Å². The Bertz CT molecular complexity index is 1380. The third-order valence-corrected chi connectivity index (χ3v) is 6.77. The predicted molar refractivity (Wildman–Crippen MR) is 123 cm³/mol. The number of nitrogens with one attached hydrogen (secondary N) is 1. The lowest BCUT2D eigenvalue weighted by Crippen LogP contribution is -2.12. The van der Waals surface area contributed by atoms with Crippen LogP contribution >= 0.6 is 11.8 Å². The number of nitrogens with zero attached hydrogens (tertiary/aromatic N) is 6. The van der Waals surface area contributed by atoms with Gasteiger partial charge in [0.05, 0.1) is 20.9 Å². The van der Waals surface area contributed by atoms with Crippen molar-refractivity contribution in [2.75, 3.05) is 5.32 Å². The molecule has 0 saturated carbocycles. The average molecular weight is 464 g/mol. The van der Waals surface area contributed by atoms with E-state index in [4.69, 9.17) is 4.98 Å². The summed E-state index contributed by atoms with van der Waals surface area (Å²) in [6.07, 6.45) is 5.96. The number of fused-ring (bicyclic) bond motifs is 3. The van der Waals surface area contributed by atoms with Crippen LogP contribution in [0.25, 0.3) is 11.0 Å². The lowest BCUT2D eigenvalue weighted by Gasteiger charge is -2.08. The van der Waals surface area contributed by atoms with Gasteiger partial charge in [-0.15, -0.1) is 10.2 Å². The van der Waals surface area contributed by atoms with E-state index in [9.17, 15) is 14.9 Å². The highest BCUT2D eigenvalue weighted by Gasteiger charge is 2.21. The molecule has 0 atom stereocenters. The van der Waals surface area contributed by atoms with Gasteiger partial charge in [-0.25, -0.2) is 4.98 Å². The standard InChI is InChI=1S/C22H21N7O3S/c1-27-13-23-26-22(27)33-19-9-6-14(11-18(19)29(31)32)21(30)24-15-7-8-17-16(12-15)25-20-5-3-2-4-10-28(17)20/h6-9,11-13H,2-5,10H2,1H3,(H,24,30). The zero-order valence-corrected chi connectivity index (χ0v) is 18.7. The van der Waals surface area contributed by atoms with Gasteiger partial charge in [-0.3, -0.25) is 14.9 Å². The smallest absolute Gasteiger partial charge is 0.284 e. The minimum Gasteiger partial charge on any atom is -0.328 e. The first-order chi connectivity index (χ1) is 16.0. The van der Waals surface area contributed by atoms with Gasteiger partial charge in [0.15, 0.2) is 5.16 Å². The third kappa shape index (κ3) is 4.19. The number of aryl methyl sites for hydroxylation is 3. The van der Waals surface area contributed by atoms with E-state index in [1.807, 2.05) is 18.2 Å². The molecule has 1 aliphatic heterocycles. The van der Waals surface area contributed by atoms with Crippen molar-refractivity contribution in [3.8, 4) is 0 Å². The van der Waals surface area contributed by atoms with Crippen molar-refractivity contribution >= 4 is 40.1 Å². The molecule has 11 heteroatoms. The van der Waals surface area contributed by atoms with E-state index in [1.54, 1.807) is 23.7 Å². The van der Waals surface area contributed by atoms with Crippen LogP contribution in [0.4, 0.5) is 11.4 Å². The summed E-state index contributed by atoms with van der Waals surface area (Å²) in [7, 11) is 1.75. The Morgan fingerprint density at radius 2 is 2.06 bits per heavy atom. The van der Waals surface area contributed by atoms with Crippen molar-refractivity contribution in [3.05, 3.63) is 64.2 Å². The van der Waals surface area contributed by atoms with Crippen LogP contribution in [0.1, 0.15) is 35.4 Å². The number of aromatic nitrogens is 5. The number of imidazole rings is 1. The molecule has 168 valence electrons. The van der Waals surface area contributed by atoms with Gasteiger partial charge in [0, 0.05) is 37.3 Å². The number of nitro groups is 1. The van der Waals surface area contributed by atoms with E-state index >= 15 is 0 Å². The van der Waals surface area contributed by atoms with Crippen molar-refractivity contribution in [2.45, 2.75) is 42.3 Å². The second-order valence-electron chi connectivity index (χ2n) is 7.91. The molecule has 1 aliphatic rings. The third-order valence-electron chi connectivity index (χ3n) is 5.66. The molecule has 1 amide bonds. The SMILES string of the molecule is Cn1cnnc1Sc1ccc(C(=O)Nc2ccc3c(c2)nc2n3CCCCC2)cc1[N+](=O)[O-]. The number of carbonyl (C=O) groups excluding carboxylic acids is 1. The van der Waals surface area contributed by atoms with E-state index in [-0.39, 0.29) is 11.3 Å². The minimum atomic E-state index is -0.500. The summed E-state index contributed by atoms with van der Waals surface area (Å²) in [4.78, 5) is 29.1. The molecule has 33 heavy (non-hydrogen) atoms. The number of anilines is 1. The molecule has 2 aromatic carbocycles. The fraction of sp³-hybridized carbons (Fsp3) is 0.273. The monoisotopic (exact) mass is 463 g/mol. The van der Waals surface area contributed by atoms with Crippen molar-refractivity contribution in [3.63, 3.8) is 0 Å². The summed E-state index contributed by atoms with van der Waals surface area (Å²) in [5.74, 6) is 0.658. The molecule has 5 rings (SSSR count). The molecule has 0 radical (unpaired) electrons. The van der Waals surface area contributed by atoms with Crippen LogP contribution in [0.15, 0.2) is 52.8 Å². The largest absolute Gasteiger partial charge is 0.328 e. The Kier molecular flexibility index (Phi) is 5.55. The summed E-state index contributed by atoms with van der Waals surface area (Å²) in [5.41, 5.74) is 2.53. The van der Waals surface area contributed by atoms with Gasteiger partial charge in [0.25, 0.3) is 11.6 Å². The molecule has 0 fully saturated rings. The molecule has 0 spiro atoms. The Hall–Kier alpha value is -3.73. The highest BCUT2D eigenvalue weighted by atomic mass is 32.2. The van der Waals surface area contributed by atoms with Crippen LogP contribution in [0.5, 0.6) is 0 Å². The van der Waals surface area contributed by atoms with E-state index in [1.165, 1.54) is 18.8 Å². The number of carbonyl (C=O) groups is 1. The van der Waals surface area contributed by atoms with Gasteiger partial charge in [-0.2, -0.15) is 0 Å². The van der Waals surface area contributed by atoms with Crippen LogP contribution in [0, 0.1) is 10.1 Å². The number of amides is 1. The first kappa shape index (κ1) is 21.1. The minimum absolute atomic E-state index is 0.163. The van der Waals surface area contributed by atoms with E-state index < -0.39 is 10.8 Å². The molecule has 0 saturated heterocycles.